The van der Waals surface area contributed by atoms with Crippen molar-refractivity contribution in [2.75, 3.05) is 23.4 Å². The number of rotatable bonds is 3. The van der Waals surface area contributed by atoms with Crippen molar-refractivity contribution in [3.05, 3.63) is 24.3 Å². The van der Waals surface area contributed by atoms with Crippen LogP contribution in [0.25, 0.3) is 0 Å². The summed E-state index contributed by atoms with van der Waals surface area (Å²) in [7, 11) is 0. The van der Waals surface area contributed by atoms with Gasteiger partial charge in [0.2, 0.25) is 0 Å². The normalized spacial score (nSPS) is 16.8. The number of carbonyl (C=O) groups is 2. The molecule has 120 valence electrons. The van der Waals surface area contributed by atoms with Crippen LogP contribution >= 0.6 is 0 Å². The summed E-state index contributed by atoms with van der Waals surface area (Å²) in [6, 6.07) is 7.65. The Balaban J connectivity index is 2.12. The van der Waals surface area contributed by atoms with Gasteiger partial charge in [0.05, 0.1) is 23.3 Å². The lowest BCUT2D eigenvalue weighted by Gasteiger charge is -2.39. The van der Waals surface area contributed by atoms with Gasteiger partial charge < -0.3 is 15.0 Å². The van der Waals surface area contributed by atoms with Gasteiger partial charge in [-0.2, -0.15) is 0 Å². The van der Waals surface area contributed by atoms with E-state index in [9.17, 15) is 9.59 Å². The zero-order chi connectivity index (χ0) is 16.5. The Kier molecular flexibility index (Phi) is 4.18. The Morgan fingerprint density at radius 3 is 2.55 bits per heavy atom. The number of fused-ring (bicyclic) bond motifs is 1. The number of benzene rings is 1. The number of amides is 1. The van der Waals surface area contributed by atoms with Crippen LogP contribution in [0.5, 0.6) is 0 Å². The Morgan fingerprint density at radius 1 is 1.27 bits per heavy atom. The van der Waals surface area contributed by atoms with E-state index in [1.165, 1.54) is 0 Å². The summed E-state index contributed by atoms with van der Waals surface area (Å²) in [6.45, 7) is 9.66. The van der Waals surface area contributed by atoms with Gasteiger partial charge in [-0.25, -0.2) is 0 Å². The lowest BCUT2D eigenvalue weighted by Crippen LogP contribution is -2.54. The summed E-state index contributed by atoms with van der Waals surface area (Å²) in [4.78, 5) is 26.1. The standard InChI is InChI=1S/C17H24N2O3/c1-16(2,3)15(21)22-11-10-19-13-9-7-6-8-12(13)18-17(4,5)14(19)20/h6-9,18H,10-11H2,1-5H3. The molecule has 1 aliphatic heterocycles. The Hall–Kier alpha value is -2.04. The number of hydrogen-bond donors (Lipinski definition) is 1. The molecule has 1 N–H and O–H groups in total. The molecule has 0 aliphatic carbocycles. The van der Waals surface area contributed by atoms with Gasteiger partial charge >= 0.3 is 5.97 Å². The van der Waals surface area contributed by atoms with Crippen molar-refractivity contribution in [3.63, 3.8) is 0 Å². The summed E-state index contributed by atoms with van der Waals surface area (Å²) < 4.78 is 5.29. The highest BCUT2D eigenvalue weighted by atomic mass is 16.5. The average molecular weight is 304 g/mol. The summed E-state index contributed by atoms with van der Waals surface area (Å²) >= 11 is 0. The molecule has 0 fully saturated rings. The van der Waals surface area contributed by atoms with Gasteiger partial charge in [-0.1, -0.05) is 12.1 Å². The molecule has 1 aliphatic rings. The number of anilines is 2. The number of hydrogen-bond acceptors (Lipinski definition) is 4. The average Bonchev–Trinajstić information content (AvgIpc) is 2.41. The minimum atomic E-state index is -0.678. The molecular weight excluding hydrogens is 280 g/mol. The van der Waals surface area contributed by atoms with Crippen LogP contribution in [-0.2, 0) is 14.3 Å². The van der Waals surface area contributed by atoms with Crippen LogP contribution in [0, 0.1) is 5.41 Å². The van der Waals surface area contributed by atoms with Crippen LogP contribution in [-0.4, -0.2) is 30.6 Å². The molecule has 0 unspecified atom stereocenters. The van der Waals surface area contributed by atoms with Crippen molar-refractivity contribution in [2.24, 2.45) is 5.41 Å². The summed E-state index contributed by atoms with van der Waals surface area (Å²) in [5.41, 5.74) is 0.514. The summed E-state index contributed by atoms with van der Waals surface area (Å²) in [5.74, 6) is -0.291. The fraction of sp³-hybridized carbons (Fsp3) is 0.529. The molecule has 1 heterocycles. The monoisotopic (exact) mass is 304 g/mol. The first-order chi connectivity index (χ1) is 10.1. The molecule has 0 saturated carbocycles. The van der Waals surface area contributed by atoms with Crippen molar-refractivity contribution in [1.29, 1.82) is 0 Å². The van der Waals surface area contributed by atoms with Crippen LogP contribution in [0.1, 0.15) is 34.6 Å². The minimum absolute atomic E-state index is 0.0296. The minimum Gasteiger partial charge on any atom is -0.463 e. The predicted molar refractivity (Wildman–Crippen MR) is 86.9 cm³/mol. The highest BCUT2D eigenvalue weighted by Crippen LogP contribution is 2.34. The van der Waals surface area contributed by atoms with E-state index in [1.807, 2.05) is 58.9 Å². The van der Waals surface area contributed by atoms with Crippen molar-refractivity contribution < 1.29 is 14.3 Å². The van der Waals surface area contributed by atoms with Crippen LogP contribution in [0.15, 0.2) is 24.3 Å². The van der Waals surface area contributed by atoms with Crippen LogP contribution in [0.3, 0.4) is 0 Å². The molecule has 1 aromatic rings. The molecule has 0 spiro atoms. The van der Waals surface area contributed by atoms with E-state index >= 15 is 0 Å². The third-order valence-corrected chi connectivity index (χ3v) is 3.58. The van der Waals surface area contributed by atoms with Gasteiger partial charge in [0.15, 0.2) is 0 Å². The smallest absolute Gasteiger partial charge is 0.311 e. The van der Waals surface area contributed by atoms with Crippen molar-refractivity contribution in [3.8, 4) is 0 Å². The van der Waals surface area contributed by atoms with E-state index < -0.39 is 11.0 Å². The maximum absolute atomic E-state index is 12.6. The molecule has 5 nitrogen and oxygen atoms in total. The van der Waals surface area contributed by atoms with Crippen LogP contribution in [0.2, 0.25) is 0 Å². The van der Waals surface area contributed by atoms with E-state index in [-0.39, 0.29) is 18.5 Å². The highest BCUT2D eigenvalue weighted by Gasteiger charge is 2.38. The fourth-order valence-corrected chi connectivity index (χ4v) is 2.32. The molecule has 0 radical (unpaired) electrons. The van der Waals surface area contributed by atoms with Crippen LogP contribution < -0.4 is 10.2 Å². The first-order valence-electron chi connectivity index (χ1n) is 7.49. The van der Waals surface area contributed by atoms with E-state index in [4.69, 9.17) is 4.74 Å². The third-order valence-electron chi connectivity index (χ3n) is 3.58. The van der Waals surface area contributed by atoms with Gasteiger partial charge in [-0.15, -0.1) is 0 Å². The number of esters is 1. The van der Waals surface area contributed by atoms with E-state index in [0.717, 1.165) is 11.4 Å². The maximum atomic E-state index is 12.6. The molecule has 2 rings (SSSR count). The highest BCUT2D eigenvalue weighted by molar-refractivity contribution is 6.07. The first-order valence-corrected chi connectivity index (χ1v) is 7.49. The van der Waals surface area contributed by atoms with Gasteiger partial charge in [0.1, 0.15) is 12.1 Å². The first kappa shape index (κ1) is 16.3. The maximum Gasteiger partial charge on any atom is 0.311 e. The second-order valence-corrected chi connectivity index (χ2v) is 7.11. The van der Waals surface area contributed by atoms with E-state index in [1.54, 1.807) is 4.90 Å². The molecule has 0 saturated heterocycles. The second kappa shape index (κ2) is 5.63. The second-order valence-electron chi connectivity index (χ2n) is 7.11. The quantitative estimate of drug-likeness (QED) is 0.872. The van der Waals surface area contributed by atoms with Gasteiger partial charge in [-0.05, 0) is 46.8 Å². The number of nitrogens with zero attached hydrogens (tertiary/aromatic N) is 1. The van der Waals surface area contributed by atoms with Gasteiger partial charge in [-0.3, -0.25) is 9.59 Å². The molecule has 0 atom stereocenters. The Labute approximate surface area is 131 Å². The molecule has 5 heteroatoms. The predicted octanol–water partition coefficient (Wildman–Crippen LogP) is 2.81. The Morgan fingerprint density at radius 2 is 1.91 bits per heavy atom. The number of ether oxygens (including phenoxy) is 1. The topological polar surface area (TPSA) is 58.6 Å². The van der Waals surface area contributed by atoms with Gasteiger partial charge in [0.25, 0.3) is 5.91 Å². The number of para-hydroxylation sites is 2. The van der Waals surface area contributed by atoms with Gasteiger partial charge in [0, 0.05) is 0 Å². The molecule has 0 aromatic heterocycles. The molecule has 22 heavy (non-hydrogen) atoms. The van der Waals surface area contributed by atoms with E-state index in [2.05, 4.69) is 5.32 Å². The summed E-state index contributed by atoms with van der Waals surface area (Å²) in [6.07, 6.45) is 0. The summed E-state index contributed by atoms with van der Waals surface area (Å²) in [5, 5.41) is 3.24. The molecule has 0 bridgehead atoms. The largest absolute Gasteiger partial charge is 0.463 e. The zero-order valence-corrected chi connectivity index (χ0v) is 13.9. The van der Waals surface area contributed by atoms with Crippen LogP contribution in [0.4, 0.5) is 11.4 Å². The SMILES string of the molecule is CC(C)(C)C(=O)OCCN1C(=O)C(C)(C)Nc2ccccc21. The molecule has 1 aromatic carbocycles. The fourth-order valence-electron chi connectivity index (χ4n) is 2.32. The van der Waals surface area contributed by atoms with Crippen molar-refractivity contribution in [2.45, 2.75) is 40.2 Å². The lowest BCUT2D eigenvalue weighted by atomic mass is 9.97. The number of carbonyl (C=O) groups excluding carboxylic acids is 2. The Bertz CT molecular complexity index is 588. The zero-order valence-electron chi connectivity index (χ0n) is 13.9. The van der Waals surface area contributed by atoms with E-state index in [0.29, 0.717) is 6.54 Å². The van der Waals surface area contributed by atoms with Crippen molar-refractivity contribution >= 4 is 23.3 Å². The van der Waals surface area contributed by atoms with Crippen molar-refractivity contribution in [1.82, 2.24) is 0 Å². The number of nitrogens with one attached hydrogen (secondary N) is 1. The molecular formula is C17H24N2O3. The third kappa shape index (κ3) is 3.24. The molecule has 1 amide bonds. The lowest BCUT2D eigenvalue weighted by molar-refractivity contribution is -0.152.